The summed E-state index contributed by atoms with van der Waals surface area (Å²) in [5, 5.41) is 0.597. The van der Waals surface area contributed by atoms with Gasteiger partial charge < -0.3 is 4.90 Å². The molecule has 1 aliphatic rings. The molecule has 0 bridgehead atoms. The predicted octanol–water partition coefficient (Wildman–Crippen LogP) is 3.93. The Kier molecular flexibility index (Phi) is 6.59. The van der Waals surface area contributed by atoms with E-state index in [0.29, 0.717) is 18.1 Å². The summed E-state index contributed by atoms with van der Waals surface area (Å²) in [4.78, 5) is 2.44. The quantitative estimate of drug-likeness (QED) is 0.721. The molecule has 0 N–H and O–H groups in total. The summed E-state index contributed by atoms with van der Waals surface area (Å²) in [7, 11) is -3.58. The van der Waals surface area contributed by atoms with E-state index >= 15 is 0 Å². The van der Waals surface area contributed by atoms with Gasteiger partial charge >= 0.3 is 0 Å². The largest absolute Gasteiger partial charge is 0.301 e. The number of hydrogen-bond donors (Lipinski definition) is 0. The fraction of sp³-hybridized carbons (Fsp3) is 0.368. The third kappa shape index (κ3) is 4.78. The van der Waals surface area contributed by atoms with Gasteiger partial charge in [0.2, 0.25) is 10.0 Å². The Hall–Kier alpha value is -1.11. The molecule has 1 fully saturated rings. The van der Waals surface area contributed by atoms with Crippen LogP contribution < -0.4 is 0 Å². The average molecular weight is 413 g/mol. The lowest BCUT2D eigenvalue weighted by Crippen LogP contribution is -2.48. The van der Waals surface area contributed by atoms with Crippen molar-refractivity contribution in [1.29, 1.82) is 0 Å². The predicted molar refractivity (Wildman–Crippen MR) is 106 cm³/mol. The lowest BCUT2D eigenvalue weighted by molar-refractivity contribution is 0.187. The highest BCUT2D eigenvalue weighted by Gasteiger charge is 2.29. The highest BCUT2D eigenvalue weighted by atomic mass is 35.5. The van der Waals surface area contributed by atoms with Gasteiger partial charge in [-0.15, -0.1) is 0 Å². The van der Waals surface area contributed by atoms with Gasteiger partial charge in [-0.05, 0) is 43.1 Å². The maximum atomic E-state index is 12.8. The summed E-state index contributed by atoms with van der Waals surface area (Å²) in [6, 6.07) is 14.9. The van der Waals surface area contributed by atoms with Gasteiger partial charge in [-0.1, -0.05) is 53.5 Å². The van der Waals surface area contributed by atoms with Crippen LogP contribution in [0.25, 0.3) is 0 Å². The van der Waals surface area contributed by atoms with Crippen molar-refractivity contribution in [3.8, 4) is 0 Å². The van der Waals surface area contributed by atoms with Crippen molar-refractivity contribution >= 4 is 33.2 Å². The van der Waals surface area contributed by atoms with Crippen LogP contribution in [0.2, 0.25) is 10.0 Å². The van der Waals surface area contributed by atoms with E-state index in [-0.39, 0.29) is 9.92 Å². The van der Waals surface area contributed by atoms with Crippen molar-refractivity contribution in [3.05, 3.63) is 64.1 Å². The van der Waals surface area contributed by atoms with Gasteiger partial charge in [0.25, 0.3) is 0 Å². The molecule has 1 saturated heterocycles. The SMILES string of the molecule is O=S(=O)(c1ccc(Cl)cc1Cl)N1CCN(CCCc2ccccc2)CC1. The van der Waals surface area contributed by atoms with Crippen LogP contribution in [0, 0.1) is 0 Å². The molecule has 0 atom stereocenters. The first-order chi connectivity index (χ1) is 12.5. The zero-order valence-corrected chi connectivity index (χ0v) is 16.8. The number of rotatable bonds is 6. The first-order valence-electron chi connectivity index (χ1n) is 8.68. The molecular weight excluding hydrogens is 391 g/mol. The van der Waals surface area contributed by atoms with Crippen molar-refractivity contribution < 1.29 is 8.42 Å². The molecule has 0 aliphatic carbocycles. The number of halogens is 2. The molecule has 7 heteroatoms. The van der Waals surface area contributed by atoms with E-state index in [2.05, 4.69) is 29.2 Å². The molecule has 0 spiro atoms. The molecule has 140 valence electrons. The van der Waals surface area contributed by atoms with Crippen LogP contribution in [0.1, 0.15) is 12.0 Å². The Morgan fingerprint density at radius 2 is 1.62 bits per heavy atom. The summed E-state index contributed by atoms with van der Waals surface area (Å²) < 4.78 is 27.1. The number of benzene rings is 2. The molecule has 0 radical (unpaired) electrons. The molecule has 1 aliphatic heterocycles. The molecular formula is C19H22Cl2N2O2S. The van der Waals surface area contributed by atoms with E-state index in [1.807, 2.05) is 6.07 Å². The minimum Gasteiger partial charge on any atom is -0.301 e. The Bertz CT molecular complexity index is 836. The fourth-order valence-corrected chi connectivity index (χ4v) is 5.34. The number of piperazine rings is 1. The number of sulfonamides is 1. The van der Waals surface area contributed by atoms with Gasteiger partial charge in [0.1, 0.15) is 4.90 Å². The standard InChI is InChI=1S/C19H22Cl2N2O2S/c20-17-8-9-19(18(21)15-17)26(24,25)23-13-11-22(12-14-23)10-4-7-16-5-2-1-3-6-16/h1-3,5-6,8-9,15H,4,7,10-14H2. The molecule has 0 saturated carbocycles. The molecule has 2 aromatic carbocycles. The molecule has 4 nitrogen and oxygen atoms in total. The Morgan fingerprint density at radius 1 is 0.923 bits per heavy atom. The van der Waals surface area contributed by atoms with Crippen molar-refractivity contribution in [3.63, 3.8) is 0 Å². The number of aryl methyl sites for hydroxylation is 1. The van der Waals surface area contributed by atoms with Gasteiger partial charge in [-0.3, -0.25) is 0 Å². The second-order valence-corrected chi connectivity index (χ2v) is 9.16. The molecule has 2 aromatic rings. The van der Waals surface area contributed by atoms with Gasteiger partial charge in [0, 0.05) is 31.2 Å². The van der Waals surface area contributed by atoms with Gasteiger partial charge in [0.05, 0.1) is 5.02 Å². The van der Waals surface area contributed by atoms with E-state index in [9.17, 15) is 8.42 Å². The zero-order chi connectivity index (χ0) is 18.6. The highest BCUT2D eigenvalue weighted by molar-refractivity contribution is 7.89. The van der Waals surface area contributed by atoms with Gasteiger partial charge in [-0.2, -0.15) is 4.31 Å². The van der Waals surface area contributed by atoms with Crippen molar-refractivity contribution in [2.45, 2.75) is 17.7 Å². The van der Waals surface area contributed by atoms with Crippen LogP contribution >= 0.6 is 23.2 Å². The van der Waals surface area contributed by atoms with Gasteiger partial charge in [-0.25, -0.2) is 8.42 Å². The summed E-state index contributed by atoms with van der Waals surface area (Å²) >= 11 is 12.0. The first kappa shape index (κ1) is 19.6. The van der Waals surface area contributed by atoms with E-state index in [4.69, 9.17) is 23.2 Å². The number of nitrogens with zero attached hydrogens (tertiary/aromatic N) is 2. The van der Waals surface area contributed by atoms with E-state index in [1.54, 1.807) is 6.07 Å². The van der Waals surface area contributed by atoms with Crippen LogP contribution in [0.15, 0.2) is 53.4 Å². The summed E-state index contributed by atoms with van der Waals surface area (Å²) in [5.41, 5.74) is 1.34. The maximum Gasteiger partial charge on any atom is 0.244 e. The van der Waals surface area contributed by atoms with Crippen LogP contribution in [-0.4, -0.2) is 50.3 Å². The number of hydrogen-bond acceptors (Lipinski definition) is 3. The third-order valence-corrected chi connectivity index (χ3v) is 7.24. The second-order valence-electron chi connectivity index (χ2n) is 6.41. The monoisotopic (exact) mass is 412 g/mol. The molecule has 1 heterocycles. The van der Waals surface area contributed by atoms with Crippen molar-refractivity contribution in [2.75, 3.05) is 32.7 Å². The second kappa shape index (κ2) is 8.72. The fourth-order valence-electron chi connectivity index (χ4n) is 3.17. The van der Waals surface area contributed by atoms with Gasteiger partial charge in [0.15, 0.2) is 0 Å². The molecule has 3 rings (SSSR count). The third-order valence-electron chi connectivity index (χ3n) is 4.63. The Labute approximate surface area is 165 Å². The molecule has 0 unspecified atom stereocenters. The van der Waals surface area contributed by atoms with Crippen molar-refractivity contribution in [1.82, 2.24) is 9.21 Å². The van der Waals surface area contributed by atoms with Crippen LogP contribution in [0.5, 0.6) is 0 Å². The van der Waals surface area contributed by atoms with Crippen LogP contribution in [0.3, 0.4) is 0 Å². The topological polar surface area (TPSA) is 40.6 Å². The first-order valence-corrected chi connectivity index (χ1v) is 10.9. The molecule has 0 aromatic heterocycles. The van der Waals surface area contributed by atoms with Crippen LogP contribution in [-0.2, 0) is 16.4 Å². The summed E-state index contributed by atoms with van der Waals surface area (Å²) in [5.74, 6) is 0. The maximum absolute atomic E-state index is 12.8. The zero-order valence-electron chi connectivity index (χ0n) is 14.4. The summed E-state index contributed by atoms with van der Waals surface area (Å²) in [6.07, 6.45) is 2.11. The molecule has 0 amide bonds. The smallest absolute Gasteiger partial charge is 0.244 e. The normalized spacial score (nSPS) is 16.7. The lowest BCUT2D eigenvalue weighted by atomic mass is 10.1. The Balaban J connectivity index is 1.53. The Morgan fingerprint density at radius 3 is 2.27 bits per heavy atom. The van der Waals surface area contributed by atoms with Crippen LogP contribution in [0.4, 0.5) is 0 Å². The summed E-state index contributed by atoms with van der Waals surface area (Å²) in [6.45, 7) is 3.40. The van der Waals surface area contributed by atoms with E-state index < -0.39 is 10.0 Å². The van der Waals surface area contributed by atoms with Crippen molar-refractivity contribution in [2.24, 2.45) is 0 Å². The highest BCUT2D eigenvalue weighted by Crippen LogP contribution is 2.28. The minimum atomic E-state index is -3.58. The minimum absolute atomic E-state index is 0.126. The molecule has 26 heavy (non-hydrogen) atoms. The van der Waals surface area contributed by atoms with E-state index in [0.717, 1.165) is 32.5 Å². The average Bonchev–Trinajstić information content (AvgIpc) is 2.63. The lowest BCUT2D eigenvalue weighted by Gasteiger charge is -2.34. The van der Waals surface area contributed by atoms with E-state index in [1.165, 1.54) is 22.0 Å².